The Balaban J connectivity index is 1.37. The van der Waals surface area contributed by atoms with Crippen molar-refractivity contribution >= 4 is 23.4 Å². The fraction of sp³-hybridized carbons (Fsp3) is 0.481. The fourth-order valence-corrected chi connectivity index (χ4v) is 6.99. The highest BCUT2D eigenvalue weighted by atomic mass is 32.1. The molecule has 180 valence electrons. The van der Waals surface area contributed by atoms with Crippen LogP contribution >= 0.6 is 11.3 Å². The number of thiophene rings is 1. The van der Waals surface area contributed by atoms with Crippen LogP contribution in [0.25, 0.3) is 0 Å². The van der Waals surface area contributed by atoms with Gasteiger partial charge in [-0.3, -0.25) is 9.59 Å². The third-order valence-corrected chi connectivity index (χ3v) is 8.99. The van der Waals surface area contributed by atoms with Crippen LogP contribution in [0.1, 0.15) is 56.7 Å². The molecule has 1 aliphatic heterocycles. The van der Waals surface area contributed by atoms with Gasteiger partial charge in [0.25, 0.3) is 0 Å². The molecule has 2 unspecified atom stereocenters. The number of hydrogen-bond donors (Lipinski definition) is 1. The third-order valence-electron chi connectivity index (χ3n) is 8.03. The van der Waals surface area contributed by atoms with Gasteiger partial charge in [0.1, 0.15) is 6.29 Å². The van der Waals surface area contributed by atoms with Crippen molar-refractivity contribution < 1.29 is 22.8 Å². The Bertz CT molecular complexity index is 1130. The smallest absolute Gasteiger partial charge is 0.362 e. The van der Waals surface area contributed by atoms with Crippen LogP contribution in [-0.2, 0) is 9.59 Å². The van der Waals surface area contributed by atoms with E-state index in [2.05, 4.69) is 31.3 Å². The van der Waals surface area contributed by atoms with Gasteiger partial charge < -0.3 is 5.32 Å². The number of rotatable bonds is 4. The van der Waals surface area contributed by atoms with Gasteiger partial charge in [0, 0.05) is 45.2 Å². The Morgan fingerprint density at radius 3 is 2.56 bits per heavy atom. The molecule has 4 aliphatic rings. The molecule has 0 bridgehead atoms. The molecule has 0 radical (unpaired) electrons. The second-order valence-corrected chi connectivity index (χ2v) is 11.4. The van der Waals surface area contributed by atoms with Crippen LogP contribution < -0.4 is 5.32 Å². The first kappa shape index (κ1) is 23.3. The van der Waals surface area contributed by atoms with Gasteiger partial charge in [-0.05, 0) is 60.5 Å². The maximum Gasteiger partial charge on any atom is 0.412 e. The molecule has 0 saturated heterocycles. The molecule has 1 aromatic rings. The lowest BCUT2D eigenvalue weighted by atomic mass is 9.51. The van der Waals surface area contributed by atoms with Gasteiger partial charge in [-0.25, -0.2) is 0 Å². The van der Waals surface area contributed by atoms with Gasteiger partial charge in [-0.15, -0.1) is 11.3 Å². The van der Waals surface area contributed by atoms with Crippen molar-refractivity contribution in [3.8, 4) is 0 Å². The number of aldehydes is 1. The van der Waals surface area contributed by atoms with E-state index in [1.807, 2.05) is 11.4 Å². The number of alkyl halides is 3. The summed E-state index contributed by atoms with van der Waals surface area (Å²) in [4.78, 5) is 26.2. The standard InChI is InChI=1S/C27H28F3NO2S/c1-15(2)21-10-20(24-4-3-7-34-24)25-22(31-21)8-16(9-23(25)33)17-11-26(12-17)13-18(27(28,29)30)5-6-19(26)14-32/h3-7,10,14-17,20,31H,8-9,11-13H2,1-2H3. The van der Waals surface area contributed by atoms with E-state index in [1.165, 1.54) is 6.08 Å². The van der Waals surface area contributed by atoms with Gasteiger partial charge >= 0.3 is 6.18 Å². The van der Waals surface area contributed by atoms with Crippen LogP contribution in [0, 0.1) is 23.2 Å². The third kappa shape index (κ3) is 3.92. The van der Waals surface area contributed by atoms with Crippen molar-refractivity contribution in [1.29, 1.82) is 0 Å². The summed E-state index contributed by atoms with van der Waals surface area (Å²) in [5.41, 5.74) is 2.06. The zero-order chi connectivity index (χ0) is 24.3. The predicted molar refractivity (Wildman–Crippen MR) is 126 cm³/mol. The zero-order valence-electron chi connectivity index (χ0n) is 19.2. The number of halogens is 3. The largest absolute Gasteiger partial charge is 0.412 e. The minimum atomic E-state index is -4.38. The number of ketones is 1. The molecule has 2 atom stereocenters. The van der Waals surface area contributed by atoms with Crippen molar-refractivity contribution in [2.45, 2.75) is 58.0 Å². The number of Topliss-reactive ketones (excluding diaryl/α,β-unsaturated/α-hetero) is 1. The molecule has 5 rings (SSSR count). The summed E-state index contributed by atoms with van der Waals surface area (Å²) in [5.74, 6) is 0.575. The quantitative estimate of drug-likeness (QED) is 0.486. The van der Waals surface area contributed by atoms with E-state index in [-0.39, 0.29) is 35.9 Å². The molecule has 1 spiro atoms. The lowest BCUT2D eigenvalue weighted by Gasteiger charge is -2.53. The van der Waals surface area contributed by atoms with Crippen molar-refractivity contribution in [3.63, 3.8) is 0 Å². The van der Waals surface area contributed by atoms with Crippen LogP contribution in [0.5, 0.6) is 0 Å². The Kier molecular flexibility index (Phi) is 5.74. The number of carbonyl (C=O) groups is 2. The van der Waals surface area contributed by atoms with E-state index in [1.54, 1.807) is 11.3 Å². The average molecular weight is 488 g/mol. The topological polar surface area (TPSA) is 46.2 Å². The minimum Gasteiger partial charge on any atom is -0.362 e. The number of hydrogen-bond acceptors (Lipinski definition) is 4. The molecule has 7 heteroatoms. The van der Waals surface area contributed by atoms with Gasteiger partial charge in [0.2, 0.25) is 0 Å². The first-order valence-corrected chi connectivity index (χ1v) is 12.7. The highest BCUT2D eigenvalue weighted by molar-refractivity contribution is 7.10. The fourth-order valence-electron chi connectivity index (χ4n) is 6.19. The lowest BCUT2D eigenvalue weighted by Crippen LogP contribution is -2.46. The van der Waals surface area contributed by atoms with E-state index >= 15 is 0 Å². The van der Waals surface area contributed by atoms with Gasteiger partial charge in [0.15, 0.2) is 5.78 Å². The second kappa shape index (κ2) is 8.36. The van der Waals surface area contributed by atoms with E-state index in [0.717, 1.165) is 34.3 Å². The van der Waals surface area contributed by atoms with Crippen molar-refractivity contribution in [1.82, 2.24) is 5.32 Å². The van der Waals surface area contributed by atoms with Crippen molar-refractivity contribution in [2.75, 3.05) is 0 Å². The second-order valence-electron chi connectivity index (χ2n) is 10.4. The van der Waals surface area contributed by atoms with Crippen LogP contribution in [-0.4, -0.2) is 18.2 Å². The summed E-state index contributed by atoms with van der Waals surface area (Å²) in [6.45, 7) is 4.24. The molecule has 2 heterocycles. The van der Waals surface area contributed by atoms with E-state index in [0.29, 0.717) is 31.1 Å². The molecule has 1 saturated carbocycles. The SMILES string of the molecule is CC(C)C1=CC(c2cccs2)C2=C(CC(C3CC4(CC(C(F)(F)F)=CC=C4C=O)C3)CC2=O)N1. The van der Waals surface area contributed by atoms with Gasteiger partial charge in [-0.1, -0.05) is 38.1 Å². The number of dihydropyridines is 1. The Morgan fingerprint density at radius 2 is 1.94 bits per heavy atom. The highest BCUT2D eigenvalue weighted by Crippen LogP contribution is 2.61. The van der Waals surface area contributed by atoms with Crippen molar-refractivity contribution in [2.24, 2.45) is 23.2 Å². The molecule has 1 N–H and O–H groups in total. The number of allylic oxidation sites excluding steroid dienone is 8. The molecule has 1 fully saturated rings. The summed E-state index contributed by atoms with van der Waals surface area (Å²) in [5, 5.41) is 5.55. The lowest BCUT2D eigenvalue weighted by molar-refractivity contribution is -0.120. The van der Waals surface area contributed by atoms with Gasteiger partial charge in [0.05, 0.1) is 0 Å². The molecule has 3 nitrogen and oxygen atoms in total. The summed E-state index contributed by atoms with van der Waals surface area (Å²) in [6, 6.07) is 4.07. The predicted octanol–water partition coefficient (Wildman–Crippen LogP) is 6.62. The first-order chi connectivity index (χ1) is 16.1. The monoisotopic (exact) mass is 487 g/mol. The van der Waals surface area contributed by atoms with Crippen LogP contribution in [0.15, 0.2) is 63.9 Å². The summed E-state index contributed by atoms with van der Waals surface area (Å²) in [7, 11) is 0. The molecule has 34 heavy (non-hydrogen) atoms. The molecule has 0 aromatic carbocycles. The maximum atomic E-state index is 13.4. The van der Waals surface area contributed by atoms with Crippen molar-refractivity contribution in [3.05, 3.63) is 68.7 Å². The molecule has 1 aromatic heterocycles. The summed E-state index contributed by atoms with van der Waals surface area (Å²) >= 11 is 1.65. The van der Waals surface area contributed by atoms with E-state index in [4.69, 9.17) is 0 Å². The molecule has 0 amide bonds. The van der Waals surface area contributed by atoms with Crippen LogP contribution in [0.3, 0.4) is 0 Å². The zero-order valence-corrected chi connectivity index (χ0v) is 20.1. The summed E-state index contributed by atoms with van der Waals surface area (Å²) < 4.78 is 40.1. The van der Waals surface area contributed by atoms with E-state index < -0.39 is 17.2 Å². The average Bonchev–Trinajstić information content (AvgIpc) is 3.30. The number of carbonyl (C=O) groups excluding carboxylic acids is 2. The Morgan fingerprint density at radius 1 is 1.18 bits per heavy atom. The number of nitrogens with one attached hydrogen (secondary N) is 1. The minimum absolute atomic E-state index is 0.0442. The van der Waals surface area contributed by atoms with Crippen LogP contribution in [0.4, 0.5) is 13.2 Å². The highest BCUT2D eigenvalue weighted by Gasteiger charge is 2.54. The van der Waals surface area contributed by atoms with Gasteiger partial charge in [-0.2, -0.15) is 13.2 Å². The Hall–Kier alpha value is -2.41. The first-order valence-electron chi connectivity index (χ1n) is 11.8. The molecule has 3 aliphatic carbocycles. The normalized spacial score (nSPS) is 31.4. The summed E-state index contributed by atoms with van der Waals surface area (Å²) in [6.07, 6.45) is 2.90. The van der Waals surface area contributed by atoms with E-state index in [9.17, 15) is 22.8 Å². The van der Waals surface area contributed by atoms with Crippen LogP contribution in [0.2, 0.25) is 0 Å². The maximum absolute atomic E-state index is 13.4. The Labute approximate surface area is 201 Å². The molecular formula is C27H28F3NO2S. The molecular weight excluding hydrogens is 459 g/mol.